The first kappa shape index (κ1) is 16.2. The Kier molecular flexibility index (Phi) is 4.83. The third-order valence-electron chi connectivity index (χ3n) is 3.41. The molecule has 2 aromatic rings. The smallest absolute Gasteiger partial charge is 0.238 e. The first-order valence-corrected chi connectivity index (χ1v) is 9.05. The number of nitrogens with one attached hydrogen (secondary N) is 1. The number of aryl methyl sites for hydroxylation is 2. The van der Waals surface area contributed by atoms with Crippen molar-refractivity contribution < 1.29 is 8.42 Å². The third-order valence-corrected chi connectivity index (χ3v) is 5.32. The molecule has 0 radical (unpaired) electrons. The molecule has 0 fully saturated rings. The summed E-state index contributed by atoms with van der Waals surface area (Å²) in [4.78, 5) is 2.79. The van der Waals surface area contributed by atoms with Crippen LogP contribution >= 0.6 is 11.3 Å². The highest BCUT2D eigenvalue weighted by molar-refractivity contribution is 7.89. The van der Waals surface area contributed by atoms with Gasteiger partial charge in [0.05, 0.1) is 4.90 Å². The molecule has 2 rings (SSSR count). The van der Waals surface area contributed by atoms with Crippen LogP contribution in [0.2, 0.25) is 0 Å². The minimum Gasteiger partial charge on any atom is -0.306 e. The normalized spacial score (nSPS) is 13.3. The SMILES string of the molecule is Cc1cc(C(C)NCc2ccc(S(N)(=O)=O)cc2)c(C)s1. The van der Waals surface area contributed by atoms with Gasteiger partial charge in [0.2, 0.25) is 10.0 Å². The second-order valence-electron chi connectivity index (χ2n) is 5.16. The molecule has 1 aromatic heterocycles. The fourth-order valence-electron chi connectivity index (χ4n) is 2.26. The van der Waals surface area contributed by atoms with Crippen molar-refractivity contribution in [2.75, 3.05) is 0 Å². The molecule has 1 atom stereocenters. The van der Waals surface area contributed by atoms with Gasteiger partial charge in [-0.15, -0.1) is 11.3 Å². The molecule has 1 heterocycles. The molecule has 4 nitrogen and oxygen atoms in total. The number of hydrogen-bond donors (Lipinski definition) is 2. The van der Waals surface area contributed by atoms with Crippen LogP contribution in [-0.4, -0.2) is 8.42 Å². The molecule has 0 spiro atoms. The van der Waals surface area contributed by atoms with E-state index in [1.165, 1.54) is 27.5 Å². The molecule has 0 aliphatic rings. The summed E-state index contributed by atoms with van der Waals surface area (Å²) in [5.41, 5.74) is 2.34. The van der Waals surface area contributed by atoms with E-state index in [0.29, 0.717) is 6.54 Å². The van der Waals surface area contributed by atoms with Crippen LogP contribution in [0.3, 0.4) is 0 Å². The number of sulfonamides is 1. The molecule has 114 valence electrons. The first-order chi connectivity index (χ1) is 9.77. The van der Waals surface area contributed by atoms with Crippen LogP contribution < -0.4 is 10.5 Å². The van der Waals surface area contributed by atoms with Gasteiger partial charge in [0.25, 0.3) is 0 Å². The van der Waals surface area contributed by atoms with Gasteiger partial charge in [-0.1, -0.05) is 12.1 Å². The van der Waals surface area contributed by atoms with E-state index in [1.54, 1.807) is 23.5 Å². The van der Waals surface area contributed by atoms with Crippen molar-refractivity contribution >= 4 is 21.4 Å². The molecular weight excluding hydrogens is 304 g/mol. The molecule has 0 aliphatic carbocycles. The highest BCUT2D eigenvalue weighted by atomic mass is 32.2. The number of hydrogen-bond acceptors (Lipinski definition) is 4. The Bertz CT molecular complexity index is 719. The second kappa shape index (κ2) is 6.27. The fourth-order valence-corrected chi connectivity index (χ4v) is 3.80. The summed E-state index contributed by atoms with van der Waals surface area (Å²) in [5, 5.41) is 8.54. The van der Waals surface area contributed by atoms with Gasteiger partial charge < -0.3 is 5.32 Å². The van der Waals surface area contributed by atoms with E-state index in [4.69, 9.17) is 5.14 Å². The lowest BCUT2D eigenvalue weighted by Gasteiger charge is -2.14. The number of benzene rings is 1. The molecule has 1 unspecified atom stereocenters. The van der Waals surface area contributed by atoms with Crippen molar-refractivity contribution in [3.05, 3.63) is 51.2 Å². The molecule has 0 saturated carbocycles. The van der Waals surface area contributed by atoms with E-state index in [-0.39, 0.29) is 10.9 Å². The predicted octanol–water partition coefficient (Wildman–Crippen LogP) is 2.86. The van der Waals surface area contributed by atoms with Gasteiger partial charge in [0.15, 0.2) is 0 Å². The van der Waals surface area contributed by atoms with Crippen molar-refractivity contribution in [2.24, 2.45) is 5.14 Å². The number of rotatable bonds is 5. The van der Waals surface area contributed by atoms with Crippen LogP contribution in [0.5, 0.6) is 0 Å². The van der Waals surface area contributed by atoms with Crippen LogP contribution in [0, 0.1) is 13.8 Å². The van der Waals surface area contributed by atoms with Gasteiger partial charge in [0, 0.05) is 22.3 Å². The van der Waals surface area contributed by atoms with E-state index >= 15 is 0 Å². The molecule has 6 heteroatoms. The number of thiophene rings is 1. The maximum Gasteiger partial charge on any atom is 0.238 e. The van der Waals surface area contributed by atoms with Gasteiger partial charge in [0.1, 0.15) is 0 Å². The van der Waals surface area contributed by atoms with Gasteiger partial charge in [-0.05, 0) is 50.1 Å². The van der Waals surface area contributed by atoms with Gasteiger partial charge in [-0.2, -0.15) is 0 Å². The Morgan fingerprint density at radius 2 is 1.86 bits per heavy atom. The molecule has 0 bridgehead atoms. The summed E-state index contributed by atoms with van der Waals surface area (Å²) >= 11 is 1.80. The minimum atomic E-state index is -3.62. The van der Waals surface area contributed by atoms with Gasteiger partial charge in [-0.25, -0.2) is 13.6 Å². The first-order valence-electron chi connectivity index (χ1n) is 6.69. The lowest BCUT2D eigenvalue weighted by Crippen LogP contribution is -2.18. The highest BCUT2D eigenvalue weighted by Crippen LogP contribution is 2.26. The summed E-state index contributed by atoms with van der Waals surface area (Å²) < 4.78 is 22.4. The molecule has 0 aliphatic heterocycles. The zero-order valence-electron chi connectivity index (χ0n) is 12.4. The largest absolute Gasteiger partial charge is 0.306 e. The molecule has 0 amide bonds. The lowest BCUT2D eigenvalue weighted by molar-refractivity contribution is 0.573. The second-order valence-corrected chi connectivity index (χ2v) is 8.18. The quantitative estimate of drug-likeness (QED) is 0.888. The van der Waals surface area contributed by atoms with Crippen molar-refractivity contribution in [1.29, 1.82) is 0 Å². The van der Waals surface area contributed by atoms with E-state index in [2.05, 4.69) is 32.2 Å². The zero-order valence-corrected chi connectivity index (χ0v) is 14.0. The van der Waals surface area contributed by atoms with Crippen LogP contribution in [0.4, 0.5) is 0 Å². The minimum absolute atomic E-state index is 0.142. The summed E-state index contributed by atoms with van der Waals surface area (Å²) in [6.45, 7) is 7.06. The zero-order chi connectivity index (χ0) is 15.6. The van der Waals surface area contributed by atoms with E-state index in [0.717, 1.165) is 5.56 Å². The summed E-state index contributed by atoms with van der Waals surface area (Å²) in [5.74, 6) is 0. The van der Waals surface area contributed by atoms with Gasteiger partial charge in [-0.3, -0.25) is 0 Å². The maximum absolute atomic E-state index is 11.2. The molecule has 0 saturated heterocycles. The average Bonchev–Trinajstić information content (AvgIpc) is 2.74. The van der Waals surface area contributed by atoms with Crippen molar-refractivity contribution in [1.82, 2.24) is 5.32 Å². The van der Waals surface area contributed by atoms with Crippen molar-refractivity contribution in [3.8, 4) is 0 Å². The Labute approximate surface area is 130 Å². The molecule has 3 N–H and O–H groups in total. The summed E-state index contributed by atoms with van der Waals surface area (Å²) in [6.07, 6.45) is 0. The standard InChI is InChI=1S/C15H20N2O2S2/c1-10-8-15(12(3)20-10)11(2)17-9-13-4-6-14(7-5-13)21(16,18)19/h4-8,11,17H,9H2,1-3H3,(H2,16,18,19). The predicted molar refractivity (Wildman–Crippen MR) is 86.9 cm³/mol. The Morgan fingerprint density at radius 1 is 1.24 bits per heavy atom. The van der Waals surface area contributed by atoms with Crippen LogP contribution in [0.1, 0.15) is 33.8 Å². The lowest BCUT2D eigenvalue weighted by atomic mass is 10.1. The molecular formula is C15H20N2O2S2. The summed E-state index contributed by atoms with van der Waals surface area (Å²) in [7, 11) is -3.62. The average molecular weight is 324 g/mol. The van der Waals surface area contributed by atoms with Crippen molar-refractivity contribution in [2.45, 2.75) is 38.3 Å². The molecule has 1 aromatic carbocycles. The topological polar surface area (TPSA) is 72.2 Å². The Morgan fingerprint density at radius 3 is 2.33 bits per heavy atom. The van der Waals surface area contributed by atoms with Crippen LogP contribution in [0.25, 0.3) is 0 Å². The maximum atomic E-state index is 11.2. The Balaban J connectivity index is 2.01. The van der Waals surface area contributed by atoms with E-state index in [9.17, 15) is 8.42 Å². The third kappa shape index (κ3) is 4.14. The molecule has 21 heavy (non-hydrogen) atoms. The van der Waals surface area contributed by atoms with Gasteiger partial charge >= 0.3 is 0 Å². The van der Waals surface area contributed by atoms with Crippen LogP contribution in [-0.2, 0) is 16.6 Å². The number of primary sulfonamides is 1. The van der Waals surface area contributed by atoms with Crippen molar-refractivity contribution in [3.63, 3.8) is 0 Å². The summed E-state index contributed by atoms with van der Waals surface area (Å²) in [6, 6.07) is 9.11. The fraction of sp³-hybridized carbons (Fsp3) is 0.333. The Hall–Kier alpha value is -1.21. The van der Waals surface area contributed by atoms with E-state index in [1.807, 2.05) is 0 Å². The monoisotopic (exact) mass is 324 g/mol. The highest BCUT2D eigenvalue weighted by Gasteiger charge is 2.11. The number of nitrogens with two attached hydrogens (primary N) is 1. The van der Waals surface area contributed by atoms with E-state index < -0.39 is 10.0 Å². The van der Waals surface area contributed by atoms with Crippen LogP contribution in [0.15, 0.2) is 35.2 Å².